The Kier molecular flexibility index (Phi) is 4.36. The fourth-order valence-corrected chi connectivity index (χ4v) is 2.89. The first-order valence-electron chi connectivity index (χ1n) is 7.59. The summed E-state index contributed by atoms with van der Waals surface area (Å²) in [6, 6.07) is 6.60. The third kappa shape index (κ3) is 3.33. The molecule has 1 saturated carbocycles. The highest BCUT2D eigenvalue weighted by atomic mass is 16.1. The summed E-state index contributed by atoms with van der Waals surface area (Å²) in [5.74, 6) is 0.0565. The number of carbonyl (C=O) groups excluding carboxylic acids is 1. The fourth-order valence-electron chi connectivity index (χ4n) is 2.89. The van der Waals surface area contributed by atoms with Crippen LogP contribution >= 0.6 is 0 Å². The maximum absolute atomic E-state index is 11.5. The molecule has 0 saturated heterocycles. The Hall–Kier alpha value is -1.51. The Balaban J connectivity index is 2.14. The molecule has 3 nitrogen and oxygen atoms in total. The quantitative estimate of drug-likeness (QED) is 0.857. The van der Waals surface area contributed by atoms with Gasteiger partial charge >= 0.3 is 0 Å². The number of amides is 1. The summed E-state index contributed by atoms with van der Waals surface area (Å²) in [5.41, 5.74) is 3.58. The van der Waals surface area contributed by atoms with E-state index in [1.54, 1.807) is 0 Å². The van der Waals surface area contributed by atoms with Gasteiger partial charge in [-0.2, -0.15) is 0 Å². The highest BCUT2D eigenvalue weighted by molar-refractivity contribution is 5.91. The molecule has 0 bridgehead atoms. The zero-order chi connectivity index (χ0) is 14.8. The van der Waals surface area contributed by atoms with Crippen LogP contribution in [0.25, 0.3) is 0 Å². The van der Waals surface area contributed by atoms with Crippen LogP contribution in [0, 0.1) is 12.3 Å². The van der Waals surface area contributed by atoms with Crippen LogP contribution in [-0.4, -0.2) is 11.9 Å². The maximum Gasteiger partial charge on any atom is 0.224 e. The van der Waals surface area contributed by atoms with Gasteiger partial charge in [-0.25, -0.2) is 0 Å². The van der Waals surface area contributed by atoms with Crippen molar-refractivity contribution < 1.29 is 4.79 Å². The topological polar surface area (TPSA) is 41.1 Å². The third-order valence-electron chi connectivity index (χ3n) is 4.43. The van der Waals surface area contributed by atoms with Gasteiger partial charge in [-0.05, 0) is 42.9 Å². The van der Waals surface area contributed by atoms with E-state index in [9.17, 15) is 4.79 Å². The van der Waals surface area contributed by atoms with Crippen LogP contribution < -0.4 is 10.6 Å². The average molecular weight is 274 g/mol. The van der Waals surface area contributed by atoms with Crippen molar-refractivity contribution in [2.24, 2.45) is 5.41 Å². The van der Waals surface area contributed by atoms with E-state index < -0.39 is 0 Å². The molecule has 0 radical (unpaired) electrons. The number of nitrogens with one attached hydrogen (secondary N) is 2. The second-order valence-corrected chi connectivity index (χ2v) is 6.51. The monoisotopic (exact) mass is 274 g/mol. The standard InChI is InChI=1S/C17H26N2O/c1-5-16(20)18-13-9-8-12(2)14(11-13)19-15-7-6-10-17(15,3)4/h8-9,11,15,19H,5-7,10H2,1-4H3,(H,18,20). The van der Waals surface area contributed by atoms with Gasteiger partial charge in [0.2, 0.25) is 5.91 Å². The number of carbonyl (C=O) groups is 1. The molecule has 1 amide bonds. The van der Waals surface area contributed by atoms with Crippen molar-refractivity contribution in [3.63, 3.8) is 0 Å². The minimum atomic E-state index is 0.0565. The van der Waals surface area contributed by atoms with Gasteiger partial charge in [0.05, 0.1) is 0 Å². The largest absolute Gasteiger partial charge is 0.381 e. The average Bonchev–Trinajstić information content (AvgIpc) is 2.72. The molecule has 0 aliphatic heterocycles. The van der Waals surface area contributed by atoms with Crippen molar-refractivity contribution in [1.82, 2.24) is 0 Å². The molecule has 2 rings (SSSR count). The van der Waals surface area contributed by atoms with E-state index in [1.165, 1.54) is 24.8 Å². The second-order valence-electron chi connectivity index (χ2n) is 6.51. The second kappa shape index (κ2) is 5.86. The van der Waals surface area contributed by atoms with Crippen molar-refractivity contribution in [2.45, 2.75) is 59.4 Å². The SMILES string of the molecule is CCC(=O)Nc1ccc(C)c(NC2CCCC2(C)C)c1. The van der Waals surface area contributed by atoms with Gasteiger partial charge < -0.3 is 10.6 Å². The summed E-state index contributed by atoms with van der Waals surface area (Å²) in [7, 11) is 0. The highest BCUT2D eigenvalue weighted by Crippen LogP contribution is 2.39. The van der Waals surface area contributed by atoms with Gasteiger partial charge in [0.1, 0.15) is 0 Å². The van der Waals surface area contributed by atoms with Gasteiger partial charge in [0.15, 0.2) is 0 Å². The third-order valence-corrected chi connectivity index (χ3v) is 4.43. The molecule has 1 aliphatic rings. The Morgan fingerprint density at radius 2 is 2.15 bits per heavy atom. The summed E-state index contributed by atoms with van der Waals surface area (Å²) in [4.78, 5) is 11.5. The summed E-state index contributed by atoms with van der Waals surface area (Å²) in [6.45, 7) is 8.63. The number of aryl methyl sites for hydroxylation is 1. The van der Waals surface area contributed by atoms with Gasteiger partial charge in [-0.3, -0.25) is 4.79 Å². The highest BCUT2D eigenvalue weighted by Gasteiger charge is 2.34. The number of rotatable bonds is 4. The normalized spacial score (nSPS) is 20.7. The molecule has 1 aromatic rings. The van der Waals surface area contributed by atoms with Gasteiger partial charge in [0, 0.05) is 23.8 Å². The first kappa shape index (κ1) is 14.9. The summed E-state index contributed by atoms with van der Waals surface area (Å²) < 4.78 is 0. The molecule has 3 heteroatoms. The van der Waals surface area contributed by atoms with E-state index in [2.05, 4.69) is 43.5 Å². The molecular formula is C17H26N2O. The fraction of sp³-hybridized carbons (Fsp3) is 0.588. The van der Waals surface area contributed by atoms with Crippen molar-refractivity contribution in [1.29, 1.82) is 0 Å². The van der Waals surface area contributed by atoms with E-state index in [-0.39, 0.29) is 5.91 Å². The first-order chi connectivity index (χ1) is 9.42. The van der Waals surface area contributed by atoms with E-state index in [4.69, 9.17) is 0 Å². The molecule has 0 spiro atoms. The zero-order valence-corrected chi connectivity index (χ0v) is 13.0. The number of hydrogen-bond donors (Lipinski definition) is 2. The van der Waals surface area contributed by atoms with Crippen molar-refractivity contribution in [3.8, 4) is 0 Å². The minimum Gasteiger partial charge on any atom is -0.381 e. The molecule has 110 valence electrons. The molecule has 1 aromatic carbocycles. The van der Waals surface area contributed by atoms with Crippen LogP contribution in [0.5, 0.6) is 0 Å². The predicted octanol–water partition coefficient (Wildman–Crippen LogP) is 4.33. The molecule has 1 fully saturated rings. The summed E-state index contributed by atoms with van der Waals surface area (Å²) in [6.07, 6.45) is 4.29. The van der Waals surface area contributed by atoms with Crippen molar-refractivity contribution in [2.75, 3.05) is 10.6 Å². The van der Waals surface area contributed by atoms with Crippen LogP contribution in [0.3, 0.4) is 0 Å². The molecule has 20 heavy (non-hydrogen) atoms. The first-order valence-corrected chi connectivity index (χ1v) is 7.59. The van der Waals surface area contributed by atoms with E-state index >= 15 is 0 Å². The lowest BCUT2D eigenvalue weighted by molar-refractivity contribution is -0.115. The molecule has 1 aliphatic carbocycles. The smallest absolute Gasteiger partial charge is 0.224 e. The van der Waals surface area contributed by atoms with Crippen LogP contribution in [-0.2, 0) is 4.79 Å². The van der Waals surface area contributed by atoms with E-state index in [1.807, 2.05) is 13.0 Å². The van der Waals surface area contributed by atoms with Gasteiger partial charge in [0.25, 0.3) is 0 Å². The predicted molar refractivity (Wildman–Crippen MR) is 85.1 cm³/mol. The molecule has 1 unspecified atom stereocenters. The van der Waals surface area contributed by atoms with Gasteiger partial charge in [-0.15, -0.1) is 0 Å². The van der Waals surface area contributed by atoms with Crippen molar-refractivity contribution in [3.05, 3.63) is 23.8 Å². The lowest BCUT2D eigenvalue weighted by Crippen LogP contribution is -2.31. The van der Waals surface area contributed by atoms with Crippen LogP contribution in [0.15, 0.2) is 18.2 Å². The summed E-state index contributed by atoms with van der Waals surface area (Å²) >= 11 is 0. The zero-order valence-electron chi connectivity index (χ0n) is 13.0. The molecular weight excluding hydrogens is 248 g/mol. The number of anilines is 2. The maximum atomic E-state index is 11.5. The van der Waals surface area contributed by atoms with Gasteiger partial charge in [-0.1, -0.05) is 33.3 Å². The lowest BCUT2D eigenvalue weighted by atomic mass is 9.87. The van der Waals surface area contributed by atoms with Crippen molar-refractivity contribution >= 4 is 17.3 Å². The number of benzene rings is 1. The van der Waals surface area contributed by atoms with Crippen LogP contribution in [0.2, 0.25) is 0 Å². The Bertz CT molecular complexity index is 494. The minimum absolute atomic E-state index is 0.0565. The van der Waals surface area contributed by atoms with Crippen LogP contribution in [0.1, 0.15) is 52.0 Å². The Morgan fingerprint density at radius 3 is 2.75 bits per heavy atom. The summed E-state index contributed by atoms with van der Waals surface area (Å²) in [5, 5.41) is 6.61. The molecule has 0 aromatic heterocycles. The Labute approximate surface area is 122 Å². The Morgan fingerprint density at radius 1 is 1.40 bits per heavy atom. The number of hydrogen-bond acceptors (Lipinski definition) is 2. The molecule has 1 atom stereocenters. The lowest BCUT2D eigenvalue weighted by Gasteiger charge is -2.29. The molecule has 2 N–H and O–H groups in total. The van der Waals surface area contributed by atoms with E-state index in [0.717, 1.165) is 11.4 Å². The van der Waals surface area contributed by atoms with Crippen LogP contribution in [0.4, 0.5) is 11.4 Å². The molecule has 0 heterocycles. The van der Waals surface area contributed by atoms with E-state index in [0.29, 0.717) is 17.9 Å².